The quantitative estimate of drug-likeness (QED) is 0.813. The Bertz CT molecular complexity index is 796. The molecule has 0 saturated carbocycles. The van der Waals surface area contributed by atoms with Gasteiger partial charge in [-0.25, -0.2) is 4.98 Å². The first-order valence-electron chi connectivity index (χ1n) is 7.63. The maximum absolute atomic E-state index is 12.1. The Hall–Kier alpha value is -2.15. The minimum Gasteiger partial charge on any atom is -0.310 e. The number of fused-ring (bicyclic) bond motifs is 1. The highest BCUT2D eigenvalue weighted by molar-refractivity contribution is 6.18. The topological polar surface area (TPSA) is 92.7 Å². The van der Waals surface area contributed by atoms with Crippen molar-refractivity contribution in [2.24, 2.45) is 0 Å². The summed E-state index contributed by atoms with van der Waals surface area (Å²) in [4.78, 5) is 31.3. The predicted molar refractivity (Wildman–Crippen MR) is 87.3 cm³/mol. The van der Waals surface area contributed by atoms with Crippen LogP contribution in [0.25, 0.3) is 5.95 Å². The third-order valence-electron chi connectivity index (χ3n) is 3.77. The van der Waals surface area contributed by atoms with Crippen LogP contribution in [0.3, 0.4) is 0 Å². The minimum atomic E-state index is -0.143. The van der Waals surface area contributed by atoms with Crippen LogP contribution < -0.4 is 10.9 Å². The number of hydrogen-bond acceptors (Lipinski definition) is 4. The molecule has 2 aromatic heterocycles. The summed E-state index contributed by atoms with van der Waals surface area (Å²) in [5.74, 6) is 1.11. The number of carbonyl (C=O) groups is 1. The summed E-state index contributed by atoms with van der Waals surface area (Å²) in [6.07, 6.45) is 3.44. The summed E-state index contributed by atoms with van der Waals surface area (Å²) in [6.45, 7) is 1.82. The van der Waals surface area contributed by atoms with Gasteiger partial charge in [0.2, 0.25) is 11.9 Å². The predicted octanol–water partition coefficient (Wildman–Crippen LogP) is 1.71. The van der Waals surface area contributed by atoms with E-state index in [1.165, 1.54) is 4.68 Å². The van der Waals surface area contributed by atoms with Gasteiger partial charge in [0.05, 0.1) is 11.4 Å². The van der Waals surface area contributed by atoms with Gasteiger partial charge in [-0.3, -0.25) is 14.6 Å². The van der Waals surface area contributed by atoms with E-state index in [1.54, 1.807) is 6.07 Å². The van der Waals surface area contributed by atoms with Gasteiger partial charge < -0.3 is 5.32 Å². The van der Waals surface area contributed by atoms with Crippen LogP contribution in [0.5, 0.6) is 0 Å². The smallest absolute Gasteiger partial charge is 0.255 e. The summed E-state index contributed by atoms with van der Waals surface area (Å²) in [7, 11) is 0. The van der Waals surface area contributed by atoms with Crippen LogP contribution in [0.1, 0.15) is 36.2 Å². The molecule has 3 rings (SSSR count). The van der Waals surface area contributed by atoms with Crippen LogP contribution in [0, 0.1) is 6.92 Å². The fraction of sp³-hybridized carbons (Fsp3) is 0.467. The first-order chi connectivity index (χ1) is 11.1. The molecule has 122 valence electrons. The molecule has 1 amide bonds. The molecule has 2 N–H and O–H groups in total. The maximum atomic E-state index is 12.1. The lowest BCUT2D eigenvalue weighted by Crippen LogP contribution is -2.21. The first kappa shape index (κ1) is 15.7. The average Bonchev–Trinajstić information content (AvgIpc) is 3.11. The Morgan fingerprint density at radius 1 is 1.48 bits per heavy atom. The lowest BCUT2D eigenvalue weighted by Gasteiger charge is -2.09. The number of halogens is 1. The van der Waals surface area contributed by atoms with E-state index < -0.39 is 0 Å². The molecule has 8 heteroatoms. The molecule has 1 aliphatic rings. The van der Waals surface area contributed by atoms with Gasteiger partial charge in [-0.05, 0) is 32.6 Å². The zero-order chi connectivity index (χ0) is 16.4. The van der Waals surface area contributed by atoms with Crippen molar-refractivity contribution in [3.63, 3.8) is 0 Å². The van der Waals surface area contributed by atoms with Gasteiger partial charge in [-0.15, -0.1) is 11.6 Å². The molecular weight excluding hydrogens is 318 g/mol. The number of H-pyrrole nitrogens is 1. The number of nitrogens with one attached hydrogen (secondary N) is 2. The molecule has 1 aliphatic carbocycles. The van der Waals surface area contributed by atoms with E-state index >= 15 is 0 Å². The van der Waals surface area contributed by atoms with E-state index in [0.717, 1.165) is 36.2 Å². The normalized spacial score (nSPS) is 13.1. The SMILES string of the molecule is Cc1cc(NC(=O)CCCCl)n(-c2nc3c(c(=O)[nH]2)CCC3)n1. The second-order valence-electron chi connectivity index (χ2n) is 5.59. The molecular formula is C15H18ClN5O2. The second kappa shape index (κ2) is 6.54. The van der Waals surface area contributed by atoms with E-state index in [0.29, 0.717) is 30.5 Å². The number of anilines is 1. The molecule has 0 radical (unpaired) electrons. The highest BCUT2D eigenvalue weighted by Crippen LogP contribution is 2.19. The molecule has 23 heavy (non-hydrogen) atoms. The van der Waals surface area contributed by atoms with Crippen molar-refractivity contribution >= 4 is 23.3 Å². The largest absolute Gasteiger partial charge is 0.310 e. The number of amides is 1. The Morgan fingerprint density at radius 3 is 3.09 bits per heavy atom. The lowest BCUT2D eigenvalue weighted by molar-refractivity contribution is -0.116. The fourth-order valence-corrected chi connectivity index (χ4v) is 2.85. The lowest BCUT2D eigenvalue weighted by atomic mass is 10.3. The number of aromatic nitrogens is 4. The Labute approximate surface area is 138 Å². The zero-order valence-electron chi connectivity index (χ0n) is 12.9. The van der Waals surface area contributed by atoms with Gasteiger partial charge in [-0.1, -0.05) is 0 Å². The van der Waals surface area contributed by atoms with Crippen LogP contribution in [-0.4, -0.2) is 31.5 Å². The van der Waals surface area contributed by atoms with Gasteiger partial charge in [0, 0.05) is 23.9 Å². The molecule has 0 aromatic carbocycles. The van der Waals surface area contributed by atoms with E-state index in [4.69, 9.17) is 11.6 Å². The van der Waals surface area contributed by atoms with E-state index in [9.17, 15) is 9.59 Å². The van der Waals surface area contributed by atoms with Gasteiger partial charge in [-0.2, -0.15) is 9.78 Å². The number of nitrogens with zero attached hydrogens (tertiary/aromatic N) is 3. The van der Waals surface area contributed by atoms with E-state index in [2.05, 4.69) is 20.4 Å². The molecule has 0 unspecified atom stereocenters. The molecule has 2 aromatic rings. The first-order valence-corrected chi connectivity index (χ1v) is 8.17. The van der Waals surface area contributed by atoms with E-state index in [-0.39, 0.29) is 11.5 Å². The van der Waals surface area contributed by atoms with Crippen molar-refractivity contribution in [1.82, 2.24) is 19.7 Å². The van der Waals surface area contributed by atoms with Crippen molar-refractivity contribution in [3.8, 4) is 5.95 Å². The summed E-state index contributed by atoms with van der Waals surface area (Å²) in [5, 5.41) is 7.12. The molecule has 0 fully saturated rings. The maximum Gasteiger partial charge on any atom is 0.255 e. The molecule has 0 atom stereocenters. The van der Waals surface area contributed by atoms with Crippen LogP contribution in [-0.2, 0) is 17.6 Å². The van der Waals surface area contributed by atoms with Crippen LogP contribution in [0.4, 0.5) is 5.82 Å². The number of aryl methyl sites for hydroxylation is 2. The molecule has 7 nitrogen and oxygen atoms in total. The van der Waals surface area contributed by atoms with Crippen LogP contribution >= 0.6 is 11.6 Å². The van der Waals surface area contributed by atoms with Crippen LogP contribution in [0.15, 0.2) is 10.9 Å². The van der Waals surface area contributed by atoms with Crippen molar-refractivity contribution in [2.45, 2.75) is 39.0 Å². The van der Waals surface area contributed by atoms with E-state index in [1.807, 2.05) is 6.92 Å². The summed E-state index contributed by atoms with van der Waals surface area (Å²) in [6, 6.07) is 1.74. The summed E-state index contributed by atoms with van der Waals surface area (Å²) < 4.78 is 1.47. The number of rotatable bonds is 5. The second-order valence-corrected chi connectivity index (χ2v) is 5.97. The molecule has 0 aliphatic heterocycles. The van der Waals surface area contributed by atoms with Crippen molar-refractivity contribution in [2.75, 3.05) is 11.2 Å². The van der Waals surface area contributed by atoms with Crippen molar-refractivity contribution in [3.05, 3.63) is 33.4 Å². The third-order valence-corrected chi connectivity index (χ3v) is 4.03. The van der Waals surface area contributed by atoms with Gasteiger partial charge in [0.25, 0.3) is 5.56 Å². The highest BCUT2D eigenvalue weighted by atomic mass is 35.5. The minimum absolute atomic E-state index is 0.130. The zero-order valence-corrected chi connectivity index (χ0v) is 13.6. The summed E-state index contributed by atoms with van der Waals surface area (Å²) in [5.41, 5.74) is 2.16. The Balaban J connectivity index is 1.93. The Morgan fingerprint density at radius 2 is 2.30 bits per heavy atom. The molecule has 0 spiro atoms. The number of hydrogen-bond donors (Lipinski definition) is 2. The fourth-order valence-electron chi connectivity index (χ4n) is 2.71. The average molecular weight is 336 g/mol. The van der Waals surface area contributed by atoms with Crippen molar-refractivity contribution in [1.29, 1.82) is 0 Å². The summed E-state index contributed by atoms with van der Waals surface area (Å²) >= 11 is 5.60. The van der Waals surface area contributed by atoms with Gasteiger partial charge in [0.15, 0.2) is 0 Å². The molecule has 0 bridgehead atoms. The number of carbonyl (C=O) groups excluding carboxylic acids is 1. The number of aromatic amines is 1. The molecule has 0 saturated heterocycles. The van der Waals surface area contributed by atoms with Crippen LogP contribution in [0.2, 0.25) is 0 Å². The van der Waals surface area contributed by atoms with Crippen molar-refractivity contribution < 1.29 is 4.79 Å². The number of alkyl halides is 1. The third kappa shape index (κ3) is 3.29. The monoisotopic (exact) mass is 335 g/mol. The highest BCUT2D eigenvalue weighted by Gasteiger charge is 2.19. The van der Waals surface area contributed by atoms with Gasteiger partial charge >= 0.3 is 0 Å². The standard InChI is InChI=1S/C15H18ClN5O2/c1-9-8-12(18-13(22)6-3-7-16)21(20-9)15-17-11-5-2-4-10(11)14(23)19-15/h8H,2-7H2,1H3,(H,18,22)(H,17,19,23). The Kier molecular flexibility index (Phi) is 4.47. The molecule has 2 heterocycles. The van der Waals surface area contributed by atoms with Gasteiger partial charge in [0.1, 0.15) is 5.82 Å².